The van der Waals surface area contributed by atoms with E-state index in [0.29, 0.717) is 0 Å². The van der Waals surface area contributed by atoms with Gasteiger partial charge < -0.3 is 10.4 Å². The van der Waals surface area contributed by atoms with Crippen molar-refractivity contribution >= 4 is 16.5 Å². The van der Waals surface area contributed by atoms with E-state index in [2.05, 4.69) is 29.6 Å². The molecule has 0 aliphatic carbocycles. The van der Waals surface area contributed by atoms with Gasteiger partial charge in [-0.3, -0.25) is 0 Å². The number of anilines is 1. The molecule has 0 spiro atoms. The van der Waals surface area contributed by atoms with Gasteiger partial charge in [0.05, 0.1) is 11.4 Å². The summed E-state index contributed by atoms with van der Waals surface area (Å²) >= 11 is 0. The second-order valence-corrected chi connectivity index (χ2v) is 6.43. The fourth-order valence-corrected chi connectivity index (χ4v) is 3.72. The van der Waals surface area contributed by atoms with E-state index in [1.165, 1.54) is 0 Å². The topological polar surface area (TPSA) is 50.1 Å². The molecule has 0 saturated heterocycles. The minimum Gasteiger partial charge on any atom is -0.507 e. The first-order valence-corrected chi connectivity index (χ1v) is 8.35. The Morgan fingerprint density at radius 1 is 1.00 bits per heavy atom. The summed E-state index contributed by atoms with van der Waals surface area (Å²) < 4.78 is 1.97. The number of aromatic nitrogens is 2. The van der Waals surface area contributed by atoms with Crippen molar-refractivity contribution < 1.29 is 5.11 Å². The third-order valence-corrected chi connectivity index (χ3v) is 4.82. The molecule has 2 N–H and O–H groups in total. The molecule has 0 fully saturated rings. The fraction of sp³-hybridized carbons (Fsp3) is 0.0952. The first-order valence-electron chi connectivity index (χ1n) is 8.35. The third-order valence-electron chi connectivity index (χ3n) is 4.82. The lowest BCUT2D eigenvalue weighted by atomic mass is 9.98. The SMILES string of the molecule is Cc1cc2n(n1)[C@H](c1c(O)ccc3ccccc13)Nc1ccccc1-2. The molecule has 4 nitrogen and oxygen atoms in total. The Morgan fingerprint density at radius 2 is 1.80 bits per heavy atom. The Kier molecular flexibility index (Phi) is 2.88. The van der Waals surface area contributed by atoms with E-state index in [1.54, 1.807) is 6.07 Å². The smallest absolute Gasteiger partial charge is 0.151 e. The summed E-state index contributed by atoms with van der Waals surface area (Å²) in [4.78, 5) is 0. The number of aromatic hydroxyl groups is 1. The van der Waals surface area contributed by atoms with Gasteiger partial charge in [0.15, 0.2) is 6.17 Å². The molecule has 3 aromatic carbocycles. The number of nitrogens with zero attached hydrogens (tertiary/aromatic N) is 2. The van der Waals surface area contributed by atoms with Gasteiger partial charge in [0.25, 0.3) is 0 Å². The summed E-state index contributed by atoms with van der Waals surface area (Å²) in [5.74, 6) is 0.273. The van der Waals surface area contributed by atoms with Crippen molar-refractivity contribution in [2.75, 3.05) is 5.32 Å². The van der Waals surface area contributed by atoms with Gasteiger partial charge in [-0.05, 0) is 35.9 Å². The largest absolute Gasteiger partial charge is 0.507 e. The van der Waals surface area contributed by atoms with E-state index in [0.717, 1.165) is 39.0 Å². The van der Waals surface area contributed by atoms with Crippen molar-refractivity contribution in [2.24, 2.45) is 0 Å². The van der Waals surface area contributed by atoms with Crippen LogP contribution in [0.1, 0.15) is 17.4 Å². The highest BCUT2D eigenvalue weighted by atomic mass is 16.3. The standard InChI is InChI=1S/C21H17N3O/c1-13-12-18-16-8-4-5-9-17(16)22-21(24(18)23-13)20-15-7-3-2-6-14(15)10-11-19(20)25/h2-12,21-22,25H,1H3/t21-/m1/s1. The van der Waals surface area contributed by atoms with Gasteiger partial charge >= 0.3 is 0 Å². The number of hydrogen-bond acceptors (Lipinski definition) is 3. The molecule has 0 amide bonds. The summed E-state index contributed by atoms with van der Waals surface area (Å²) in [6.45, 7) is 1.99. The average Bonchev–Trinajstić information content (AvgIpc) is 3.03. The summed E-state index contributed by atoms with van der Waals surface area (Å²) in [6.07, 6.45) is -0.260. The maximum absolute atomic E-state index is 10.7. The lowest BCUT2D eigenvalue weighted by molar-refractivity contribution is 0.454. The lowest BCUT2D eigenvalue weighted by Crippen LogP contribution is -2.26. The summed E-state index contributed by atoms with van der Waals surface area (Å²) in [7, 11) is 0. The molecule has 1 aliphatic heterocycles. The van der Waals surface area contributed by atoms with E-state index >= 15 is 0 Å². The van der Waals surface area contributed by atoms with Gasteiger partial charge in [-0.25, -0.2) is 4.68 Å². The van der Waals surface area contributed by atoms with Crippen LogP contribution >= 0.6 is 0 Å². The molecule has 122 valence electrons. The highest BCUT2D eigenvalue weighted by Crippen LogP contribution is 2.42. The minimum absolute atomic E-state index is 0.260. The maximum Gasteiger partial charge on any atom is 0.151 e. The van der Waals surface area contributed by atoms with Crippen molar-refractivity contribution in [3.05, 3.63) is 78.0 Å². The fourth-order valence-electron chi connectivity index (χ4n) is 3.72. The molecule has 5 rings (SSSR count). The van der Waals surface area contributed by atoms with Crippen LogP contribution in [0.15, 0.2) is 66.7 Å². The first kappa shape index (κ1) is 14.1. The van der Waals surface area contributed by atoms with Crippen LogP contribution in [0, 0.1) is 6.92 Å². The van der Waals surface area contributed by atoms with Crippen LogP contribution < -0.4 is 5.32 Å². The number of fused-ring (bicyclic) bond motifs is 4. The van der Waals surface area contributed by atoms with Crippen LogP contribution in [0.4, 0.5) is 5.69 Å². The van der Waals surface area contributed by atoms with Gasteiger partial charge in [0, 0.05) is 16.8 Å². The average molecular weight is 327 g/mol. The van der Waals surface area contributed by atoms with Gasteiger partial charge in [0.1, 0.15) is 5.75 Å². The second kappa shape index (κ2) is 5.11. The Hall–Kier alpha value is -3.27. The molecule has 0 saturated carbocycles. The van der Waals surface area contributed by atoms with E-state index in [9.17, 15) is 5.11 Å². The third kappa shape index (κ3) is 2.04. The van der Waals surface area contributed by atoms with Gasteiger partial charge in [-0.1, -0.05) is 48.5 Å². The van der Waals surface area contributed by atoms with Crippen LogP contribution in [0.3, 0.4) is 0 Å². The predicted molar refractivity (Wildman–Crippen MR) is 99.8 cm³/mol. The highest BCUT2D eigenvalue weighted by Gasteiger charge is 2.29. The number of aryl methyl sites for hydroxylation is 1. The van der Waals surface area contributed by atoms with E-state index in [4.69, 9.17) is 5.10 Å². The van der Waals surface area contributed by atoms with Crippen LogP contribution in [-0.4, -0.2) is 14.9 Å². The molecular formula is C21H17N3O. The van der Waals surface area contributed by atoms with E-state index in [-0.39, 0.29) is 11.9 Å². The van der Waals surface area contributed by atoms with E-state index < -0.39 is 0 Å². The Labute approximate surface area is 145 Å². The van der Waals surface area contributed by atoms with Crippen molar-refractivity contribution in [3.63, 3.8) is 0 Å². The summed E-state index contributed by atoms with van der Waals surface area (Å²) in [5, 5.41) is 21.0. The Balaban J connectivity index is 1.81. The first-order chi connectivity index (χ1) is 12.2. The number of nitrogens with one attached hydrogen (secondary N) is 1. The molecule has 4 heteroatoms. The van der Waals surface area contributed by atoms with Crippen molar-refractivity contribution in [2.45, 2.75) is 13.1 Å². The molecule has 1 aliphatic rings. The Bertz CT molecular complexity index is 1110. The number of phenolic OH excluding ortho intramolecular Hbond substituents is 1. The van der Waals surface area contributed by atoms with E-state index in [1.807, 2.05) is 48.0 Å². The second-order valence-electron chi connectivity index (χ2n) is 6.43. The van der Waals surface area contributed by atoms with Crippen molar-refractivity contribution in [3.8, 4) is 17.0 Å². The zero-order valence-corrected chi connectivity index (χ0v) is 13.8. The molecule has 0 bridgehead atoms. The number of benzene rings is 3. The van der Waals surface area contributed by atoms with Crippen molar-refractivity contribution in [1.82, 2.24) is 9.78 Å². The number of hydrogen-bond donors (Lipinski definition) is 2. The molecular weight excluding hydrogens is 310 g/mol. The minimum atomic E-state index is -0.260. The molecule has 1 atom stereocenters. The molecule has 25 heavy (non-hydrogen) atoms. The zero-order valence-electron chi connectivity index (χ0n) is 13.8. The number of phenols is 1. The lowest BCUT2D eigenvalue weighted by Gasteiger charge is -2.30. The maximum atomic E-state index is 10.7. The summed E-state index contributed by atoms with van der Waals surface area (Å²) in [6, 6.07) is 22.1. The van der Waals surface area contributed by atoms with Crippen LogP contribution in [0.25, 0.3) is 22.0 Å². The quantitative estimate of drug-likeness (QED) is 0.533. The van der Waals surface area contributed by atoms with Gasteiger partial charge in [0.2, 0.25) is 0 Å². The molecule has 0 radical (unpaired) electrons. The van der Waals surface area contributed by atoms with Crippen LogP contribution in [-0.2, 0) is 0 Å². The van der Waals surface area contributed by atoms with Gasteiger partial charge in [-0.15, -0.1) is 0 Å². The monoisotopic (exact) mass is 327 g/mol. The number of rotatable bonds is 1. The zero-order chi connectivity index (χ0) is 17.0. The van der Waals surface area contributed by atoms with Crippen LogP contribution in [0.5, 0.6) is 5.75 Å². The normalized spacial score (nSPS) is 15.5. The predicted octanol–water partition coefficient (Wildman–Crippen LogP) is 4.69. The molecule has 4 aromatic rings. The van der Waals surface area contributed by atoms with Gasteiger partial charge in [-0.2, -0.15) is 5.10 Å². The van der Waals surface area contributed by atoms with Crippen LogP contribution in [0.2, 0.25) is 0 Å². The molecule has 2 heterocycles. The Morgan fingerprint density at radius 3 is 2.72 bits per heavy atom. The summed E-state index contributed by atoms with van der Waals surface area (Å²) in [5.41, 5.74) is 5.03. The molecule has 1 aromatic heterocycles. The highest BCUT2D eigenvalue weighted by molar-refractivity contribution is 5.89. The number of para-hydroxylation sites is 1. The molecule has 0 unspecified atom stereocenters. The van der Waals surface area contributed by atoms with Crippen molar-refractivity contribution in [1.29, 1.82) is 0 Å².